The van der Waals surface area contributed by atoms with E-state index >= 15 is 0 Å². The van der Waals surface area contributed by atoms with Crippen LogP contribution in [0.2, 0.25) is 0 Å². The van der Waals surface area contributed by atoms with Crippen molar-refractivity contribution in [2.75, 3.05) is 39.5 Å². The summed E-state index contributed by atoms with van der Waals surface area (Å²) < 4.78 is 16.1. The quantitative estimate of drug-likeness (QED) is 0.687. The smallest absolute Gasteiger partial charge is 0.310 e. The number of β-amino-alcohol motifs (C(OH)–C–C–N with tert-alkyl or cyclic N) is 1. The Bertz CT molecular complexity index is 519. The lowest BCUT2D eigenvalue weighted by Crippen LogP contribution is -2.44. The Morgan fingerprint density at radius 3 is 2.52 bits per heavy atom. The summed E-state index contributed by atoms with van der Waals surface area (Å²) in [7, 11) is 0. The second-order valence-corrected chi connectivity index (χ2v) is 6.22. The maximum atomic E-state index is 11.9. The van der Waals surface area contributed by atoms with Crippen LogP contribution in [0.15, 0.2) is 24.3 Å². The molecule has 0 spiro atoms. The number of piperidine rings is 1. The van der Waals surface area contributed by atoms with Gasteiger partial charge in [-0.1, -0.05) is 0 Å². The summed E-state index contributed by atoms with van der Waals surface area (Å²) >= 11 is 0. The molecule has 0 radical (unpaired) electrons. The van der Waals surface area contributed by atoms with Crippen molar-refractivity contribution in [2.24, 2.45) is 5.92 Å². The van der Waals surface area contributed by atoms with Crippen LogP contribution in [0.1, 0.15) is 26.7 Å². The molecule has 0 amide bonds. The van der Waals surface area contributed by atoms with Gasteiger partial charge in [-0.2, -0.15) is 0 Å². The Kier molecular flexibility index (Phi) is 8.01. The molecule has 2 rings (SSSR count). The van der Waals surface area contributed by atoms with E-state index in [1.165, 1.54) is 0 Å². The average Bonchev–Trinajstić information content (AvgIpc) is 2.62. The van der Waals surface area contributed by atoms with E-state index in [1.54, 1.807) is 0 Å². The number of benzene rings is 1. The second kappa shape index (κ2) is 10.3. The molecule has 1 N–H and O–H groups in total. The van der Waals surface area contributed by atoms with Crippen LogP contribution in [0.4, 0.5) is 0 Å². The summed E-state index contributed by atoms with van der Waals surface area (Å²) in [6.07, 6.45) is 1.19. The third-order valence-corrected chi connectivity index (χ3v) is 4.17. The monoisotopic (exact) mass is 351 g/mol. The minimum absolute atomic E-state index is 0.0899. The molecule has 1 aliphatic rings. The van der Waals surface area contributed by atoms with Crippen LogP contribution in [-0.4, -0.2) is 61.5 Å². The lowest BCUT2D eigenvalue weighted by Gasteiger charge is -2.32. The van der Waals surface area contributed by atoms with E-state index in [2.05, 4.69) is 4.90 Å². The lowest BCUT2D eigenvalue weighted by atomic mass is 9.98. The molecule has 2 atom stereocenters. The molecule has 1 aromatic carbocycles. The number of nitrogens with zero attached hydrogens (tertiary/aromatic N) is 1. The van der Waals surface area contributed by atoms with Gasteiger partial charge in [-0.05, 0) is 57.5 Å². The molecule has 140 valence electrons. The highest BCUT2D eigenvalue weighted by Gasteiger charge is 2.27. The number of ether oxygens (including phenoxy) is 3. The number of rotatable bonds is 9. The number of carbonyl (C=O) groups is 1. The summed E-state index contributed by atoms with van der Waals surface area (Å²) in [6.45, 7) is 7.03. The number of aliphatic hydroxyl groups excluding tert-OH is 1. The molecule has 0 bridgehead atoms. The number of aliphatic hydroxyl groups is 1. The molecule has 0 aliphatic carbocycles. The second-order valence-electron chi connectivity index (χ2n) is 6.22. The Labute approximate surface area is 149 Å². The van der Waals surface area contributed by atoms with Crippen LogP contribution in [0, 0.1) is 5.92 Å². The molecule has 1 fully saturated rings. The zero-order valence-corrected chi connectivity index (χ0v) is 15.1. The van der Waals surface area contributed by atoms with Crippen molar-refractivity contribution in [1.82, 2.24) is 4.90 Å². The fourth-order valence-electron chi connectivity index (χ4n) is 3.02. The van der Waals surface area contributed by atoms with Gasteiger partial charge in [0.1, 0.15) is 24.2 Å². The predicted molar refractivity (Wildman–Crippen MR) is 94.9 cm³/mol. The summed E-state index contributed by atoms with van der Waals surface area (Å²) in [5, 5.41) is 10.2. The molecule has 1 aromatic rings. The first-order chi connectivity index (χ1) is 12.1. The van der Waals surface area contributed by atoms with Crippen molar-refractivity contribution < 1.29 is 24.1 Å². The Morgan fingerprint density at radius 2 is 1.88 bits per heavy atom. The van der Waals surface area contributed by atoms with E-state index in [9.17, 15) is 9.90 Å². The lowest BCUT2D eigenvalue weighted by molar-refractivity contribution is -0.150. The third-order valence-electron chi connectivity index (χ3n) is 4.17. The zero-order chi connectivity index (χ0) is 18.1. The molecule has 6 nitrogen and oxygen atoms in total. The van der Waals surface area contributed by atoms with Crippen LogP contribution in [0.5, 0.6) is 11.5 Å². The van der Waals surface area contributed by atoms with Crippen molar-refractivity contribution in [1.29, 1.82) is 0 Å². The Morgan fingerprint density at radius 1 is 1.20 bits per heavy atom. The van der Waals surface area contributed by atoms with Gasteiger partial charge in [0.25, 0.3) is 0 Å². The largest absolute Gasteiger partial charge is 0.494 e. The molecular weight excluding hydrogens is 322 g/mol. The summed E-state index contributed by atoms with van der Waals surface area (Å²) in [5.41, 5.74) is 0. The minimum atomic E-state index is -0.604. The van der Waals surface area contributed by atoms with Crippen LogP contribution in [0.25, 0.3) is 0 Å². The first-order valence-electron chi connectivity index (χ1n) is 9.05. The predicted octanol–water partition coefficient (Wildman–Crippen LogP) is 2.10. The molecule has 0 saturated carbocycles. The standard InChI is InChI=1S/C19H29NO5/c1-3-23-17-7-9-18(10-8-17)25-14-16(21)13-20-11-5-6-15(12-20)19(22)24-4-2/h7-10,15-16,21H,3-6,11-14H2,1-2H3/t15-,16+/m0/s1. The van der Waals surface area contributed by atoms with E-state index in [-0.39, 0.29) is 18.5 Å². The maximum Gasteiger partial charge on any atom is 0.310 e. The molecule has 1 aliphatic heterocycles. The zero-order valence-electron chi connectivity index (χ0n) is 15.1. The van der Waals surface area contributed by atoms with Crippen molar-refractivity contribution >= 4 is 5.97 Å². The first-order valence-corrected chi connectivity index (χ1v) is 9.05. The highest BCUT2D eigenvalue weighted by molar-refractivity contribution is 5.72. The van der Waals surface area contributed by atoms with Crippen LogP contribution in [-0.2, 0) is 9.53 Å². The van der Waals surface area contributed by atoms with Crippen LogP contribution < -0.4 is 9.47 Å². The number of carbonyl (C=O) groups excluding carboxylic acids is 1. The fourth-order valence-corrected chi connectivity index (χ4v) is 3.02. The van der Waals surface area contributed by atoms with Crippen molar-refractivity contribution in [3.63, 3.8) is 0 Å². The highest BCUT2D eigenvalue weighted by Crippen LogP contribution is 2.19. The molecule has 0 unspecified atom stereocenters. The Hall–Kier alpha value is -1.79. The van der Waals surface area contributed by atoms with Gasteiger partial charge >= 0.3 is 5.97 Å². The van der Waals surface area contributed by atoms with E-state index in [0.717, 1.165) is 25.1 Å². The maximum absolute atomic E-state index is 11.9. The SMILES string of the molecule is CCOC(=O)[C@H]1CCCN(C[C@@H](O)COc2ccc(OCC)cc2)C1. The number of esters is 1. The van der Waals surface area contributed by atoms with E-state index in [1.807, 2.05) is 38.1 Å². The van der Waals surface area contributed by atoms with Gasteiger partial charge in [-0.15, -0.1) is 0 Å². The summed E-state index contributed by atoms with van der Waals surface area (Å²) in [4.78, 5) is 14.0. The number of likely N-dealkylation sites (tertiary alicyclic amines) is 1. The third kappa shape index (κ3) is 6.55. The van der Waals surface area contributed by atoms with Gasteiger partial charge < -0.3 is 19.3 Å². The van der Waals surface area contributed by atoms with Crippen molar-refractivity contribution in [2.45, 2.75) is 32.8 Å². The molecule has 25 heavy (non-hydrogen) atoms. The van der Waals surface area contributed by atoms with Gasteiger partial charge in [0.05, 0.1) is 19.1 Å². The van der Waals surface area contributed by atoms with Crippen molar-refractivity contribution in [3.05, 3.63) is 24.3 Å². The topological polar surface area (TPSA) is 68.2 Å². The Balaban J connectivity index is 1.73. The van der Waals surface area contributed by atoms with Gasteiger partial charge in [-0.25, -0.2) is 0 Å². The number of hydrogen-bond acceptors (Lipinski definition) is 6. The number of hydrogen-bond donors (Lipinski definition) is 1. The molecule has 6 heteroatoms. The van der Waals surface area contributed by atoms with Gasteiger partial charge in [0.2, 0.25) is 0 Å². The molecular formula is C19H29NO5. The summed E-state index contributed by atoms with van der Waals surface area (Å²) in [5.74, 6) is 1.28. The van der Waals surface area contributed by atoms with Gasteiger partial charge in [0, 0.05) is 13.1 Å². The first kappa shape index (κ1) is 19.5. The van der Waals surface area contributed by atoms with Crippen LogP contribution >= 0.6 is 0 Å². The normalized spacial score (nSPS) is 19.2. The van der Waals surface area contributed by atoms with Gasteiger partial charge in [-0.3, -0.25) is 9.69 Å². The minimum Gasteiger partial charge on any atom is -0.494 e. The molecule has 1 heterocycles. The highest BCUT2D eigenvalue weighted by atomic mass is 16.5. The van der Waals surface area contributed by atoms with Crippen LogP contribution in [0.3, 0.4) is 0 Å². The fraction of sp³-hybridized carbons (Fsp3) is 0.632. The van der Waals surface area contributed by atoms with Crippen molar-refractivity contribution in [3.8, 4) is 11.5 Å². The van der Waals surface area contributed by atoms with E-state index < -0.39 is 6.10 Å². The molecule has 0 aromatic heterocycles. The summed E-state index contributed by atoms with van der Waals surface area (Å²) in [6, 6.07) is 7.35. The van der Waals surface area contributed by atoms with Gasteiger partial charge in [0.15, 0.2) is 0 Å². The van der Waals surface area contributed by atoms with E-state index in [4.69, 9.17) is 14.2 Å². The average molecular weight is 351 g/mol. The molecule has 1 saturated heterocycles. The van der Waals surface area contributed by atoms with E-state index in [0.29, 0.717) is 32.1 Å².